The number of benzene rings is 1. The topological polar surface area (TPSA) is 55.1 Å². The molecule has 4 heteroatoms. The molecule has 3 rings (SSSR count). The van der Waals surface area contributed by atoms with Crippen molar-refractivity contribution in [2.24, 2.45) is 11.3 Å². The first kappa shape index (κ1) is 12.0. The fourth-order valence-corrected chi connectivity index (χ4v) is 3.02. The number of carbonyl (C=O) groups excluding carboxylic acids is 1. The third-order valence-electron chi connectivity index (χ3n) is 4.20. The maximum absolute atomic E-state index is 12.1. The highest BCUT2D eigenvalue weighted by molar-refractivity contribution is 9.10. The summed E-state index contributed by atoms with van der Waals surface area (Å²) in [5.74, 6) is 0.804. The molecule has 2 fully saturated rings. The summed E-state index contributed by atoms with van der Waals surface area (Å²) < 4.78 is 0.880. The monoisotopic (exact) mass is 308 g/mol. The zero-order valence-corrected chi connectivity index (χ0v) is 11.8. The normalized spacial score (nSPS) is 20.5. The minimum atomic E-state index is -0.0549. The van der Waals surface area contributed by atoms with Crippen molar-refractivity contribution in [3.05, 3.63) is 28.2 Å². The first-order valence-corrected chi connectivity index (χ1v) is 7.23. The van der Waals surface area contributed by atoms with E-state index in [0.29, 0.717) is 16.7 Å². The Morgan fingerprint density at radius 1 is 1.44 bits per heavy atom. The summed E-state index contributed by atoms with van der Waals surface area (Å²) in [6.07, 6.45) is 5.22. The van der Waals surface area contributed by atoms with Crippen LogP contribution < -0.4 is 11.1 Å². The second-order valence-electron chi connectivity index (χ2n) is 5.55. The van der Waals surface area contributed by atoms with Crippen molar-refractivity contribution in [3.8, 4) is 0 Å². The zero-order chi connectivity index (χ0) is 12.8. The van der Waals surface area contributed by atoms with Crippen LogP contribution in [0.25, 0.3) is 0 Å². The Balaban J connectivity index is 1.65. The molecule has 2 aliphatic carbocycles. The second-order valence-corrected chi connectivity index (χ2v) is 6.47. The first-order chi connectivity index (χ1) is 8.61. The molecular formula is C14H17BrN2O. The van der Waals surface area contributed by atoms with Crippen LogP contribution in [0.3, 0.4) is 0 Å². The van der Waals surface area contributed by atoms with Gasteiger partial charge in [-0.05, 0) is 55.2 Å². The molecular weight excluding hydrogens is 292 g/mol. The van der Waals surface area contributed by atoms with E-state index in [1.54, 1.807) is 12.1 Å². The van der Waals surface area contributed by atoms with E-state index in [1.165, 1.54) is 25.7 Å². The highest BCUT2D eigenvalue weighted by Crippen LogP contribution is 2.60. The van der Waals surface area contributed by atoms with Crippen molar-refractivity contribution < 1.29 is 4.79 Å². The van der Waals surface area contributed by atoms with Crippen LogP contribution in [0.4, 0.5) is 5.69 Å². The molecule has 0 saturated heterocycles. The molecule has 0 unspecified atom stereocenters. The van der Waals surface area contributed by atoms with Gasteiger partial charge in [-0.15, -0.1) is 0 Å². The van der Waals surface area contributed by atoms with Crippen LogP contribution in [0.2, 0.25) is 0 Å². The summed E-state index contributed by atoms with van der Waals surface area (Å²) in [5, 5.41) is 3.05. The fraction of sp³-hybridized carbons (Fsp3) is 0.500. The van der Waals surface area contributed by atoms with Crippen molar-refractivity contribution in [3.63, 3.8) is 0 Å². The van der Waals surface area contributed by atoms with Gasteiger partial charge in [-0.25, -0.2) is 0 Å². The van der Waals surface area contributed by atoms with Gasteiger partial charge in [0.25, 0.3) is 5.91 Å². The molecule has 18 heavy (non-hydrogen) atoms. The molecule has 0 heterocycles. The van der Waals surface area contributed by atoms with Crippen LogP contribution in [-0.2, 0) is 0 Å². The lowest BCUT2D eigenvalue weighted by Gasteiger charge is -2.15. The van der Waals surface area contributed by atoms with E-state index in [1.807, 2.05) is 6.07 Å². The van der Waals surface area contributed by atoms with Crippen molar-refractivity contribution in [1.29, 1.82) is 0 Å². The van der Waals surface area contributed by atoms with Crippen LogP contribution in [0, 0.1) is 11.3 Å². The highest BCUT2D eigenvalue weighted by Gasteiger charge is 2.53. The summed E-state index contributed by atoms with van der Waals surface area (Å²) in [6.45, 7) is 0.808. The first-order valence-electron chi connectivity index (χ1n) is 6.44. The Morgan fingerprint density at radius 3 is 2.78 bits per heavy atom. The van der Waals surface area contributed by atoms with Crippen LogP contribution in [0.5, 0.6) is 0 Å². The zero-order valence-electron chi connectivity index (χ0n) is 10.2. The number of amides is 1. The van der Waals surface area contributed by atoms with E-state index < -0.39 is 0 Å². The summed E-state index contributed by atoms with van der Waals surface area (Å²) >= 11 is 3.37. The standard InChI is InChI=1S/C14H17BrN2O/c15-10-3-4-12(16)11(7-10)13(18)17-8-14(5-6-14)9-1-2-9/h3-4,7,9H,1-2,5-6,8,16H2,(H,17,18). The molecule has 96 valence electrons. The number of nitrogen functional groups attached to an aromatic ring is 1. The van der Waals surface area contributed by atoms with E-state index in [-0.39, 0.29) is 5.91 Å². The van der Waals surface area contributed by atoms with Gasteiger partial charge in [0.15, 0.2) is 0 Å². The molecule has 2 aliphatic rings. The van der Waals surface area contributed by atoms with Gasteiger partial charge < -0.3 is 11.1 Å². The number of carbonyl (C=O) groups is 1. The van der Waals surface area contributed by atoms with Gasteiger partial charge in [-0.2, -0.15) is 0 Å². The van der Waals surface area contributed by atoms with Crippen molar-refractivity contribution in [2.45, 2.75) is 25.7 Å². The van der Waals surface area contributed by atoms with E-state index in [2.05, 4.69) is 21.2 Å². The maximum Gasteiger partial charge on any atom is 0.253 e. The summed E-state index contributed by atoms with van der Waals surface area (Å²) in [5.41, 5.74) is 7.36. The summed E-state index contributed by atoms with van der Waals surface area (Å²) in [6, 6.07) is 5.38. The Labute approximate surface area is 115 Å². The summed E-state index contributed by atoms with van der Waals surface area (Å²) in [7, 11) is 0. The SMILES string of the molecule is Nc1ccc(Br)cc1C(=O)NCC1(C2CC2)CC1. The number of rotatable bonds is 4. The lowest BCUT2D eigenvalue weighted by atomic mass is 10.0. The predicted molar refractivity (Wildman–Crippen MR) is 75.3 cm³/mol. The molecule has 1 amide bonds. The molecule has 0 atom stereocenters. The molecule has 3 N–H and O–H groups in total. The Bertz CT molecular complexity index is 493. The number of hydrogen-bond donors (Lipinski definition) is 2. The van der Waals surface area contributed by atoms with Gasteiger partial charge in [0.1, 0.15) is 0 Å². The number of nitrogens with one attached hydrogen (secondary N) is 1. The van der Waals surface area contributed by atoms with E-state index >= 15 is 0 Å². The quantitative estimate of drug-likeness (QED) is 0.840. The largest absolute Gasteiger partial charge is 0.398 e. The minimum Gasteiger partial charge on any atom is -0.398 e. The molecule has 0 aromatic heterocycles. The lowest BCUT2D eigenvalue weighted by Crippen LogP contribution is -2.31. The minimum absolute atomic E-state index is 0.0549. The third-order valence-corrected chi connectivity index (χ3v) is 4.69. The number of anilines is 1. The number of hydrogen-bond acceptors (Lipinski definition) is 2. The van der Waals surface area contributed by atoms with Gasteiger partial charge in [-0.1, -0.05) is 15.9 Å². The molecule has 2 saturated carbocycles. The molecule has 0 bridgehead atoms. The van der Waals surface area contributed by atoms with Crippen LogP contribution in [0.1, 0.15) is 36.0 Å². The second kappa shape index (κ2) is 4.26. The molecule has 1 aromatic carbocycles. The molecule has 3 nitrogen and oxygen atoms in total. The number of nitrogens with two attached hydrogens (primary N) is 1. The average molecular weight is 309 g/mol. The van der Waals surface area contributed by atoms with Gasteiger partial charge in [0.05, 0.1) is 5.56 Å². The smallest absolute Gasteiger partial charge is 0.253 e. The molecule has 0 aliphatic heterocycles. The van der Waals surface area contributed by atoms with Gasteiger partial charge in [-0.3, -0.25) is 4.79 Å². The Hall–Kier alpha value is -1.03. The fourth-order valence-electron chi connectivity index (χ4n) is 2.66. The van der Waals surface area contributed by atoms with Gasteiger partial charge in [0.2, 0.25) is 0 Å². The molecule has 0 spiro atoms. The van der Waals surface area contributed by atoms with E-state index in [9.17, 15) is 4.79 Å². The van der Waals surface area contributed by atoms with Gasteiger partial charge in [0, 0.05) is 16.7 Å². The third kappa shape index (κ3) is 2.26. The van der Waals surface area contributed by atoms with Crippen LogP contribution in [-0.4, -0.2) is 12.5 Å². The maximum atomic E-state index is 12.1. The highest BCUT2D eigenvalue weighted by atomic mass is 79.9. The van der Waals surface area contributed by atoms with Crippen molar-refractivity contribution >= 4 is 27.5 Å². The van der Waals surface area contributed by atoms with E-state index in [0.717, 1.165) is 16.9 Å². The number of halogens is 1. The van der Waals surface area contributed by atoms with Gasteiger partial charge >= 0.3 is 0 Å². The van der Waals surface area contributed by atoms with E-state index in [4.69, 9.17) is 5.73 Å². The Morgan fingerprint density at radius 2 is 2.17 bits per heavy atom. The van der Waals surface area contributed by atoms with Crippen molar-refractivity contribution in [1.82, 2.24) is 5.32 Å². The summed E-state index contributed by atoms with van der Waals surface area (Å²) in [4.78, 5) is 12.1. The molecule has 1 aromatic rings. The van der Waals surface area contributed by atoms with Crippen LogP contribution in [0.15, 0.2) is 22.7 Å². The Kier molecular flexibility index (Phi) is 2.85. The lowest BCUT2D eigenvalue weighted by molar-refractivity contribution is 0.0943. The molecule has 0 radical (unpaired) electrons. The predicted octanol–water partition coefficient (Wildman–Crippen LogP) is 2.95. The van der Waals surface area contributed by atoms with Crippen molar-refractivity contribution in [2.75, 3.05) is 12.3 Å². The average Bonchev–Trinajstić information content (AvgIpc) is 3.21. The van der Waals surface area contributed by atoms with Crippen LogP contribution >= 0.6 is 15.9 Å².